The van der Waals surface area contributed by atoms with Crippen molar-refractivity contribution in [2.75, 3.05) is 19.8 Å². The maximum absolute atomic E-state index is 5.87. The average molecular weight is 407 g/mol. The summed E-state index contributed by atoms with van der Waals surface area (Å²) in [5.74, 6) is 0.419. The van der Waals surface area contributed by atoms with Crippen LogP contribution < -0.4 is 0 Å². The minimum atomic E-state index is -0.279. The van der Waals surface area contributed by atoms with E-state index in [-0.39, 0.29) is 5.41 Å². The Kier molecular flexibility index (Phi) is 4.63. The lowest BCUT2D eigenvalue weighted by molar-refractivity contribution is 0.0976. The molecule has 1 aliphatic heterocycles. The van der Waals surface area contributed by atoms with Gasteiger partial charge in [-0.1, -0.05) is 97.1 Å². The molecule has 0 spiro atoms. The average Bonchev–Trinajstić information content (AvgIpc) is 3.61. The molecule has 1 heterocycles. The first-order valence-corrected chi connectivity index (χ1v) is 11.2. The van der Waals surface area contributed by atoms with E-state index in [1.807, 2.05) is 0 Å². The lowest BCUT2D eigenvalue weighted by atomic mass is 9.66. The smallest absolute Gasteiger partial charge is 0.104 e. The van der Waals surface area contributed by atoms with Crippen LogP contribution in [-0.4, -0.2) is 25.9 Å². The van der Waals surface area contributed by atoms with Crippen molar-refractivity contribution in [3.05, 3.63) is 119 Å². The molecule has 154 valence electrons. The van der Waals surface area contributed by atoms with Crippen LogP contribution in [0.4, 0.5) is 0 Å². The summed E-state index contributed by atoms with van der Waals surface area (Å²) in [7, 11) is 0. The second-order valence-corrected chi connectivity index (χ2v) is 8.71. The standard InChI is InChI=1S/C29H26O2/c1-2-8-22(9-3-1)29(23-16-14-21(15-17-23)18-30-19-24-20-31-24)27-12-6-4-10-25(27)26-11-5-7-13-28(26)29/h1-14,16-17,21,24H,15,18-20H2. The molecular formula is C29H26O2. The van der Waals surface area contributed by atoms with Gasteiger partial charge in [0.15, 0.2) is 0 Å². The summed E-state index contributed by atoms with van der Waals surface area (Å²) >= 11 is 0. The number of hydrogen-bond donors (Lipinski definition) is 0. The first-order chi connectivity index (χ1) is 15.4. The highest BCUT2D eigenvalue weighted by molar-refractivity contribution is 5.86. The summed E-state index contributed by atoms with van der Waals surface area (Å²) in [5.41, 5.74) is 7.83. The van der Waals surface area contributed by atoms with Gasteiger partial charge in [0.1, 0.15) is 6.10 Å². The molecule has 3 aromatic rings. The lowest BCUT2D eigenvalue weighted by Crippen LogP contribution is -2.30. The van der Waals surface area contributed by atoms with Crippen LogP contribution in [0.15, 0.2) is 103 Å². The summed E-state index contributed by atoms with van der Waals surface area (Å²) in [6.45, 7) is 2.32. The lowest BCUT2D eigenvalue weighted by Gasteiger charge is -2.36. The van der Waals surface area contributed by atoms with Gasteiger partial charge in [0.05, 0.1) is 25.2 Å². The Bertz CT molecular complexity index is 1110. The molecule has 0 aromatic heterocycles. The number of hydrogen-bond acceptors (Lipinski definition) is 2. The zero-order valence-corrected chi connectivity index (χ0v) is 17.5. The largest absolute Gasteiger partial charge is 0.378 e. The van der Waals surface area contributed by atoms with Crippen LogP contribution in [0.5, 0.6) is 0 Å². The molecule has 0 amide bonds. The number of benzene rings is 3. The Morgan fingerprint density at radius 2 is 1.45 bits per heavy atom. The maximum Gasteiger partial charge on any atom is 0.104 e. The van der Waals surface area contributed by atoms with E-state index >= 15 is 0 Å². The van der Waals surface area contributed by atoms with Gasteiger partial charge in [-0.2, -0.15) is 0 Å². The highest BCUT2D eigenvalue weighted by atomic mass is 16.6. The third kappa shape index (κ3) is 3.10. The van der Waals surface area contributed by atoms with Crippen molar-refractivity contribution >= 4 is 0 Å². The van der Waals surface area contributed by atoms with E-state index in [4.69, 9.17) is 9.47 Å². The Labute approximate surface area is 183 Å². The van der Waals surface area contributed by atoms with Gasteiger partial charge in [0.25, 0.3) is 0 Å². The van der Waals surface area contributed by atoms with Crippen LogP contribution in [0.25, 0.3) is 11.1 Å². The van der Waals surface area contributed by atoms with Crippen molar-refractivity contribution in [2.45, 2.75) is 17.9 Å². The van der Waals surface area contributed by atoms with E-state index in [9.17, 15) is 0 Å². The van der Waals surface area contributed by atoms with Crippen molar-refractivity contribution in [1.82, 2.24) is 0 Å². The van der Waals surface area contributed by atoms with Gasteiger partial charge in [-0.15, -0.1) is 0 Å². The van der Waals surface area contributed by atoms with Crippen molar-refractivity contribution in [2.24, 2.45) is 5.92 Å². The van der Waals surface area contributed by atoms with Crippen LogP contribution in [0, 0.1) is 5.92 Å². The van der Waals surface area contributed by atoms with Gasteiger partial charge < -0.3 is 9.47 Å². The fourth-order valence-corrected chi connectivity index (χ4v) is 5.29. The highest BCUT2D eigenvalue weighted by Crippen LogP contribution is 2.56. The van der Waals surface area contributed by atoms with E-state index in [1.54, 1.807) is 0 Å². The predicted molar refractivity (Wildman–Crippen MR) is 124 cm³/mol. The number of allylic oxidation sites excluding steroid dienone is 3. The van der Waals surface area contributed by atoms with Gasteiger partial charge in [-0.3, -0.25) is 0 Å². The number of rotatable bonds is 6. The Morgan fingerprint density at radius 1 is 0.806 bits per heavy atom. The minimum Gasteiger partial charge on any atom is -0.378 e. The van der Waals surface area contributed by atoms with Gasteiger partial charge in [-0.25, -0.2) is 0 Å². The van der Waals surface area contributed by atoms with Gasteiger partial charge in [0.2, 0.25) is 0 Å². The fourth-order valence-electron chi connectivity index (χ4n) is 5.29. The van der Waals surface area contributed by atoms with Crippen LogP contribution in [0.1, 0.15) is 23.1 Å². The molecule has 2 nitrogen and oxygen atoms in total. The predicted octanol–water partition coefficient (Wildman–Crippen LogP) is 5.92. The number of ether oxygens (including phenoxy) is 2. The van der Waals surface area contributed by atoms with E-state index in [0.29, 0.717) is 12.0 Å². The van der Waals surface area contributed by atoms with Crippen LogP contribution in [-0.2, 0) is 14.9 Å². The molecule has 3 aliphatic rings. The summed E-state index contributed by atoms with van der Waals surface area (Å²) in [5, 5.41) is 0. The second kappa shape index (κ2) is 7.64. The first-order valence-electron chi connectivity index (χ1n) is 11.2. The zero-order valence-electron chi connectivity index (χ0n) is 17.5. The molecule has 3 aromatic carbocycles. The normalized spacial score (nSPS) is 22.5. The molecule has 0 bridgehead atoms. The molecule has 1 fully saturated rings. The molecule has 2 heteroatoms. The maximum atomic E-state index is 5.87. The van der Waals surface area contributed by atoms with Gasteiger partial charge >= 0.3 is 0 Å². The molecule has 6 rings (SSSR count). The minimum absolute atomic E-state index is 0.279. The van der Waals surface area contributed by atoms with Crippen molar-refractivity contribution in [3.8, 4) is 11.1 Å². The summed E-state index contributed by atoms with van der Waals surface area (Å²) in [6, 6.07) is 28.8. The third-order valence-corrected chi connectivity index (χ3v) is 6.82. The Hall–Kier alpha value is -2.94. The topological polar surface area (TPSA) is 21.8 Å². The molecule has 0 saturated carbocycles. The van der Waals surface area contributed by atoms with Crippen molar-refractivity contribution in [3.63, 3.8) is 0 Å². The summed E-state index contributed by atoms with van der Waals surface area (Å²) in [4.78, 5) is 0. The molecule has 0 N–H and O–H groups in total. The van der Waals surface area contributed by atoms with Crippen LogP contribution in [0.3, 0.4) is 0 Å². The molecule has 2 unspecified atom stereocenters. The molecule has 31 heavy (non-hydrogen) atoms. The summed E-state index contributed by atoms with van der Waals surface area (Å²) in [6.07, 6.45) is 8.45. The molecule has 2 aliphatic carbocycles. The number of epoxide rings is 1. The van der Waals surface area contributed by atoms with E-state index in [2.05, 4.69) is 97.1 Å². The summed E-state index contributed by atoms with van der Waals surface area (Å²) < 4.78 is 11.1. The van der Waals surface area contributed by atoms with Crippen molar-refractivity contribution < 1.29 is 9.47 Å². The van der Waals surface area contributed by atoms with E-state index in [1.165, 1.54) is 33.4 Å². The highest BCUT2D eigenvalue weighted by Gasteiger charge is 2.46. The molecule has 0 radical (unpaired) electrons. The van der Waals surface area contributed by atoms with Gasteiger partial charge in [0, 0.05) is 5.92 Å². The fraction of sp³-hybridized carbons (Fsp3) is 0.241. The quantitative estimate of drug-likeness (QED) is 0.474. The molecule has 1 saturated heterocycles. The Morgan fingerprint density at radius 3 is 2.06 bits per heavy atom. The number of fused-ring (bicyclic) bond motifs is 3. The van der Waals surface area contributed by atoms with Crippen molar-refractivity contribution in [1.29, 1.82) is 0 Å². The second-order valence-electron chi connectivity index (χ2n) is 8.71. The third-order valence-electron chi connectivity index (χ3n) is 6.82. The monoisotopic (exact) mass is 406 g/mol. The van der Waals surface area contributed by atoms with E-state index in [0.717, 1.165) is 26.2 Å². The van der Waals surface area contributed by atoms with E-state index < -0.39 is 0 Å². The van der Waals surface area contributed by atoms with Crippen LogP contribution in [0.2, 0.25) is 0 Å². The SMILES string of the molecule is C1=CC(COCC2CO2)CC=C1C1(c2ccccc2)c2ccccc2-c2ccccc21. The van der Waals surface area contributed by atoms with Crippen LogP contribution >= 0.6 is 0 Å². The molecular weight excluding hydrogens is 380 g/mol. The Balaban J connectivity index is 1.44. The molecule has 2 atom stereocenters. The zero-order chi connectivity index (χ0) is 20.7. The first kappa shape index (κ1) is 18.8. The van der Waals surface area contributed by atoms with Gasteiger partial charge in [-0.05, 0) is 39.8 Å².